The molecule has 0 heterocycles. The molecule has 19 heavy (non-hydrogen) atoms. The highest BCUT2D eigenvalue weighted by atomic mass is 16.5. The first kappa shape index (κ1) is 13.6. The highest BCUT2D eigenvalue weighted by Crippen LogP contribution is 2.48. The van der Waals surface area contributed by atoms with E-state index in [1.807, 2.05) is 44.2 Å². The summed E-state index contributed by atoms with van der Waals surface area (Å²) in [5, 5.41) is 0. The number of esters is 1. The summed E-state index contributed by atoms with van der Waals surface area (Å²) in [4.78, 5) is 22.3. The summed E-state index contributed by atoms with van der Waals surface area (Å²) in [7, 11) is 0. The molecule has 4 heteroatoms. The van der Waals surface area contributed by atoms with Crippen molar-refractivity contribution in [2.24, 2.45) is 11.3 Å². The highest BCUT2D eigenvalue weighted by molar-refractivity contribution is 5.75. The minimum absolute atomic E-state index is 0.195. The third-order valence-corrected chi connectivity index (χ3v) is 3.91. The summed E-state index contributed by atoms with van der Waals surface area (Å²) in [6.45, 7) is 4.56. The van der Waals surface area contributed by atoms with Crippen molar-refractivity contribution in [2.75, 3.05) is 0 Å². The van der Waals surface area contributed by atoms with E-state index in [-0.39, 0.29) is 30.0 Å². The largest absolute Gasteiger partial charge is 0.464 e. The molecule has 1 fully saturated rings. The quantitative estimate of drug-likeness (QED) is 0.603. The second-order valence-corrected chi connectivity index (χ2v) is 5.42. The molecule has 0 bridgehead atoms. The van der Waals surface area contributed by atoms with Crippen molar-refractivity contribution in [3.63, 3.8) is 0 Å². The van der Waals surface area contributed by atoms with Gasteiger partial charge in [-0.2, -0.15) is 0 Å². The Balaban J connectivity index is 1.87. The molecule has 0 aliphatic heterocycles. The Hall–Kier alpha value is -1.84. The van der Waals surface area contributed by atoms with Crippen molar-refractivity contribution in [3.8, 4) is 0 Å². The fraction of sp³-hybridized carbons (Fsp3) is 0.467. The number of carbonyl (C=O) groups excluding carboxylic acids is 2. The minimum atomic E-state index is -0.352. The zero-order chi connectivity index (χ0) is 13.9. The van der Waals surface area contributed by atoms with Gasteiger partial charge in [0, 0.05) is 5.41 Å². The Morgan fingerprint density at radius 1 is 1.37 bits per heavy atom. The van der Waals surface area contributed by atoms with Crippen molar-refractivity contribution in [2.45, 2.75) is 33.0 Å². The first-order chi connectivity index (χ1) is 9.05. The highest BCUT2D eigenvalue weighted by Gasteiger charge is 2.54. The van der Waals surface area contributed by atoms with E-state index >= 15 is 0 Å². The van der Waals surface area contributed by atoms with Crippen LogP contribution in [-0.4, -0.2) is 18.5 Å². The van der Waals surface area contributed by atoms with Gasteiger partial charge in [-0.15, -0.1) is 0 Å². The van der Waals surface area contributed by atoms with Crippen LogP contribution in [0.1, 0.15) is 25.8 Å². The molecule has 4 nitrogen and oxygen atoms in total. The molecular weight excluding hydrogens is 244 g/mol. The second-order valence-electron chi connectivity index (χ2n) is 5.42. The summed E-state index contributed by atoms with van der Waals surface area (Å²) >= 11 is 0. The van der Waals surface area contributed by atoms with Crippen LogP contribution in [0.15, 0.2) is 30.3 Å². The summed E-state index contributed by atoms with van der Waals surface area (Å²) in [5.41, 5.74) is 0.614. The predicted octanol–water partition coefficient (Wildman–Crippen LogP) is 2.32. The van der Waals surface area contributed by atoms with Crippen LogP contribution < -0.4 is 0 Å². The first-order valence-electron chi connectivity index (χ1n) is 6.35. The van der Waals surface area contributed by atoms with Crippen LogP contribution in [0, 0.1) is 11.3 Å². The molecule has 1 aliphatic carbocycles. The number of hydrogen-bond acceptors (Lipinski definition) is 4. The molecule has 102 valence electrons. The molecule has 0 saturated heterocycles. The Labute approximate surface area is 112 Å². The lowest BCUT2D eigenvalue weighted by molar-refractivity contribution is -0.185. The summed E-state index contributed by atoms with van der Waals surface area (Å²) in [5.74, 6) is -0.430. The first-order valence-corrected chi connectivity index (χ1v) is 6.35. The molecule has 0 amide bonds. The van der Waals surface area contributed by atoms with E-state index < -0.39 is 0 Å². The van der Waals surface area contributed by atoms with Gasteiger partial charge in [0.1, 0.15) is 12.7 Å². The lowest BCUT2D eigenvalue weighted by atomic mass is 9.60. The van der Waals surface area contributed by atoms with Gasteiger partial charge in [0.15, 0.2) is 0 Å². The van der Waals surface area contributed by atoms with Crippen LogP contribution >= 0.6 is 0 Å². The molecule has 1 aromatic carbocycles. The Kier molecular flexibility index (Phi) is 3.88. The van der Waals surface area contributed by atoms with Crippen LogP contribution in [0.3, 0.4) is 0 Å². The second kappa shape index (κ2) is 5.43. The SMILES string of the molecule is CC1(C)[C@@H](OC=O)C[C@H]1C(=O)OCc1ccccc1. The van der Waals surface area contributed by atoms with E-state index in [9.17, 15) is 9.59 Å². The third-order valence-electron chi connectivity index (χ3n) is 3.91. The standard InChI is InChI=1S/C15H18O4/c1-15(2)12(8-13(15)19-10-16)14(17)18-9-11-6-4-3-5-7-11/h3-7,10,12-13H,8-9H2,1-2H3/t12-,13-/m0/s1. The van der Waals surface area contributed by atoms with Crippen LogP contribution in [0.2, 0.25) is 0 Å². The number of benzene rings is 1. The maximum Gasteiger partial charge on any atom is 0.310 e. The number of rotatable bonds is 5. The van der Waals surface area contributed by atoms with Gasteiger partial charge in [-0.25, -0.2) is 0 Å². The predicted molar refractivity (Wildman–Crippen MR) is 69.1 cm³/mol. The molecule has 1 saturated carbocycles. The average Bonchev–Trinajstić information content (AvgIpc) is 2.41. The molecule has 0 unspecified atom stereocenters. The van der Waals surface area contributed by atoms with Gasteiger partial charge < -0.3 is 9.47 Å². The van der Waals surface area contributed by atoms with Crippen molar-refractivity contribution < 1.29 is 19.1 Å². The van der Waals surface area contributed by atoms with E-state index in [2.05, 4.69) is 0 Å². The topological polar surface area (TPSA) is 52.6 Å². The third kappa shape index (κ3) is 2.78. The number of hydrogen-bond donors (Lipinski definition) is 0. The van der Waals surface area contributed by atoms with Gasteiger partial charge in [0.2, 0.25) is 0 Å². The van der Waals surface area contributed by atoms with Gasteiger partial charge in [0.05, 0.1) is 5.92 Å². The van der Waals surface area contributed by atoms with E-state index in [0.29, 0.717) is 12.9 Å². The van der Waals surface area contributed by atoms with Gasteiger partial charge in [0.25, 0.3) is 6.47 Å². The summed E-state index contributed by atoms with van der Waals surface area (Å²) in [6, 6.07) is 9.56. The summed E-state index contributed by atoms with van der Waals surface area (Å²) < 4.78 is 10.3. The van der Waals surface area contributed by atoms with Crippen LogP contribution in [-0.2, 0) is 25.7 Å². The average molecular weight is 262 g/mol. The lowest BCUT2D eigenvalue weighted by Crippen LogP contribution is -2.54. The van der Waals surface area contributed by atoms with Crippen molar-refractivity contribution >= 4 is 12.4 Å². The maximum atomic E-state index is 12.0. The van der Waals surface area contributed by atoms with E-state index in [4.69, 9.17) is 9.47 Å². The van der Waals surface area contributed by atoms with Crippen molar-refractivity contribution in [1.82, 2.24) is 0 Å². The van der Waals surface area contributed by atoms with Gasteiger partial charge in [-0.1, -0.05) is 44.2 Å². The molecule has 0 N–H and O–H groups in total. The maximum absolute atomic E-state index is 12.0. The van der Waals surface area contributed by atoms with Crippen molar-refractivity contribution in [3.05, 3.63) is 35.9 Å². The molecule has 2 rings (SSSR count). The van der Waals surface area contributed by atoms with Gasteiger partial charge >= 0.3 is 5.97 Å². The fourth-order valence-corrected chi connectivity index (χ4v) is 2.41. The Morgan fingerprint density at radius 2 is 2.05 bits per heavy atom. The van der Waals surface area contributed by atoms with E-state index in [1.165, 1.54) is 0 Å². The smallest absolute Gasteiger partial charge is 0.310 e. The molecule has 1 aromatic rings. The molecular formula is C15H18O4. The minimum Gasteiger partial charge on any atom is -0.464 e. The zero-order valence-corrected chi connectivity index (χ0v) is 11.2. The zero-order valence-electron chi connectivity index (χ0n) is 11.2. The normalized spacial score (nSPS) is 24.1. The number of ether oxygens (including phenoxy) is 2. The van der Waals surface area contributed by atoms with Crippen molar-refractivity contribution in [1.29, 1.82) is 0 Å². The monoisotopic (exact) mass is 262 g/mol. The summed E-state index contributed by atoms with van der Waals surface area (Å²) in [6.07, 6.45) is 0.346. The molecule has 1 aliphatic rings. The van der Waals surface area contributed by atoms with Gasteiger partial charge in [-0.3, -0.25) is 9.59 Å². The van der Waals surface area contributed by atoms with Gasteiger partial charge in [-0.05, 0) is 12.0 Å². The number of carbonyl (C=O) groups is 2. The fourth-order valence-electron chi connectivity index (χ4n) is 2.41. The van der Waals surface area contributed by atoms with E-state index in [1.54, 1.807) is 0 Å². The molecule has 0 aromatic heterocycles. The Bertz CT molecular complexity index is 452. The molecule has 0 radical (unpaired) electrons. The van der Waals surface area contributed by atoms with Crippen LogP contribution in [0.5, 0.6) is 0 Å². The van der Waals surface area contributed by atoms with E-state index in [0.717, 1.165) is 5.56 Å². The molecule has 2 atom stereocenters. The lowest BCUT2D eigenvalue weighted by Gasteiger charge is -2.48. The Morgan fingerprint density at radius 3 is 2.63 bits per heavy atom. The van der Waals surface area contributed by atoms with Crippen LogP contribution in [0.25, 0.3) is 0 Å². The molecule has 0 spiro atoms. The van der Waals surface area contributed by atoms with Crippen LogP contribution in [0.4, 0.5) is 0 Å².